The molecule has 0 aliphatic rings. The molecule has 2 amide bonds. The van der Waals surface area contributed by atoms with Gasteiger partial charge < -0.3 is 10.4 Å². The number of carbonyl (C=O) groups excluding carboxylic acids is 2. The number of anilines is 2. The molecular weight excluding hydrogens is 336 g/mol. The molecule has 2 rings (SSSR count). The van der Waals surface area contributed by atoms with E-state index in [0.29, 0.717) is 29.9 Å². The van der Waals surface area contributed by atoms with Gasteiger partial charge in [0, 0.05) is 12.1 Å². The van der Waals surface area contributed by atoms with Crippen LogP contribution < -0.4 is 10.6 Å². The number of phenolic OH excluding ortho intramolecular Hbond substituents is 1. The zero-order valence-corrected chi connectivity index (χ0v) is 13.4. The zero-order valence-electron chi connectivity index (χ0n) is 12.6. The van der Waals surface area contributed by atoms with E-state index in [1.165, 1.54) is 18.2 Å². The standard InChI is InChI=1S/C14H14N4O5S/c1-2-3-11(20)16-8-4-5-10(19)9(6-8)13(21)17-14-15-7-12(24-14)18(22)23/h4-7,19H,2-3H2,1H3,(H,16,20)(H,15,17,21). The number of nitro groups is 1. The Morgan fingerprint density at radius 1 is 1.38 bits per heavy atom. The molecular formula is C14H14N4O5S. The minimum absolute atomic E-state index is 0.0338. The molecule has 126 valence electrons. The highest BCUT2D eigenvalue weighted by Crippen LogP contribution is 2.27. The van der Waals surface area contributed by atoms with E-state index in [1.54, 1.807) is 0 Å². The smallest absolute Gasteiger partial charge is 0.345 e. The topological polar surface area (TPSA) is 134 Å². The maximum atomic E-state index is 12.2. The lowest BCUT2D eigenvalue weighted by molar-refractivity contribution is -0.380. The maximum Gasteiger partial charge on any atom is 0.345 e. The Balaban J connectivity index is 2.15. The Hall–Kier alpha value is -3.01. The summed E-state index contributed by atoms with van der Waals surface area (Å²) in [5, 5.41) is 25.2. The van der Waals surface area contributed by atoms with Crippen molar-refractivity contribution >= 4 is 39.0 Å². The average molecular weight is 350 g/mol. The van der Waals surface area contributed by atoms with E-state index < -0.39 is 10.8 Å². The van der Waals surface area contributed by atoms with Crippen molar-refractivity contribution in [3.05, 3.63) is 40.1 Å². The van der Waals surface area contributed by atoms with Gasteiger partial charge in [-0.15, -0.1) is 0 Å². The number of aromatic hydroxyl groups is 1. The quantitative estimate of drug-likeness (QED) is 0.416. The zero-order chi connectivity index (χ0) is 17.7. The van der Waals surface area contributed by atoms with E-state index >= 15 is 0 Å². The lowest BCUT2D eigenvalue weighted by Gasteiger charge is -2.08. The van der Waals surface area contributed by atoms with Crippen LogP contribution in [0.5, 0.6) is 5.75 Å². The van der Waals surface area contributed by atoms with Gasteiger partial charge in [-0.05, 0) is 36.0 Å². The minimum Gasteiger partial charge on any atom is -0.507 e. The number of nitrogens with zero attached hydrogens (tertiary/aromatic N) is 2. The van der Waals surface area contributed by atoms with Crippen molar-refractivity contribution in [1.82, 2.24) is 4.98 Å². The molecule has 1 aromatic heterocycles. The molecule has 3 N–H and O–H groups in total. The molecule has 10 heteroatoms. The fraction of sp³-hybridized carbons (Fsp3) is 0.214. The number of hydrogen-bond donors (Lipinski definition) is 3. The molecule has 0 spiro atoms. The second-order valence-electron chi connectivity index (χ2n) is 4.74. The van der Waals surface area contributed by atoms with Gasteiger partial charge in [-0.25, -0.2) is 4.98 Å². The van der Waals surface area contributed by atoms with E-state index in [2.05, 4.69) is 15.6 Å². The van der Waals surface area contributed by atoms with Crippen LogP contribution in [-0.2, 0) is 4.79 Å². The van der Waals surface area contributed by atoms with Crippen molar-refractivity contribution in [2.75, 3.05) is 10.6 Å². The van der Waals surface area contributed by atoms with Crippen LogP contribution in [0.1, 0.15) is 30.1 Å². The van der Waals surface area contributed by atoms with Gasteiger partial charge >= 0.3 is 5.00 Å². The Morgan fingerprint density at radius 2 is 2.12 bits per heavy atom. The molecule has 24 heavy (non-hydrogen) atoms. The van der Waals surface area contributed by atoms with Gasteiger partial charge in [0.05, 0.1) is 10.5 Å². The first kappa shape index (κ1) is 17.3. The lowest BCUT2D eigenvalue weighted by atomic mass is 10.1. The summed E-state index contributed by atoms with van der Waals surface area (Å²) in [6, 6.07) is 4.06. The third kappa shape index (κ3) is 4.26. The summed E-state index contributed by atoms with van der Waals surface area (Å²) in [5.41, 5.74) is 0.281. The van der Waals surface area contributed by atoms with Crippen LogP contribution in [0.4, 0.5) is 15.8 Å². The largest absolute Gasteiger partial charge is 0.507 e. The van der Waals surface area contributed by atoms with E-state index in [1.807, 2.05) is 6.92 Å². The van der Waals surface area contributed by atoms with E-state index in [0.717, 1.165) is 6.20 Å². The lowest BCUT2D eigenvalue weighted by Crippen LogP contribution is -2.14. The third-order valence-corrected chi connectivity index (χ3v) is 3.76. The Bertz CT molecular complexity index is 789. The first-order chi connectivity index (χ1) is 11.4. The van der Waals surface area contributed by atoms with Crippen molar-refractivity contribution in [3.8, 4) is 5.75 Å². The minimum atomic E-state index is -0.691. The van der Waals surface area contributed by atoms with Crippen molar-refractivity contribution in [3.63, 3.8) is 0 Å². The van der Waals surface area contributed by atoms with Crippen LogP contribution in [0.3, 0.4) is 0 Å². The van der Waals surface area contributed by atoms with E-state index in [4.69, 9.17) is 0 Å². The molecule has 0 aliphatic heterocycles. The van der Waals surface area contributed by atoms with Gasteiger partial charge in [-0.3, -0.25) is 25.0 Å². The van der Waals surface area contributed by atoms with Crippen LogP contribution >= 0.6 is 11.3 Å². The molecule has 0 atom stereocenters. The molecule has 0 aliphatic carbocycles. The van der Waals surface area contributed by atoms with Crippen molar-refractivity contribution in [1.29, 1.82) is 0 Å². The maximum absolute atomic E-state index is 12.2. The molecule has 0 saturated heterocycles. The molecule has 0 fully saturated rings. The van der Waals surface area contributed by atoms with Gasteiger partial charge in [0.25, 0.3) is 5.91 Å². The van der Waals surface area contributed by atoms with Crippen LogP contribution in [0, 0.1) is 10.1 Å². The van der Waals surface area contributed by atoms with Gasteiger partial charge in [0.15, 0.2) is 5.13 Å². The van der Waals surface area contributed by atoms with E-state index in [9.17, 15) is 24.8 Å². The second kappa shape index (κ2) is 7.51. The van der Waals surface area contributed by atoms with Gasteiger partial charge in [0.1, 0.15) is 11.9 Å². The molecule has 2 aromatic rings. The molecule has 9 nitrogen and oxygen atoms in total. The highest BCUT2D eigenvalue weighted by molar-refractivity contribution is 7.18. The molecule has 0 radical (unpaired) electrons. The van der Waals surface area contributed by atoms with Crippen LogP contribution in [0.15, 0.2) is 24.4 Å². The van der Waals surface area contributed by atoms with E-state index in [-0.39, 0.29) is 27.4 Å². The monoisotopic (exact) mass is 350 g/mol. The molecule has 0 bridgehead atoms. The second-order valence-corrected chi connectivity index (χ2v) is 5.75. The first-order valence-electron chi connectivity index (χ1n) is 6.95. The fourth-order valence-electron chi connectivity index (χ4n) is 1.82. The summed E-state index contributed by atoms with van der Waals surface area (Å²) < 4.78 is 0. The molecule has 1 heterocycles. The number of thiazole rings is 1. The average Bonchev–Trinajstić information content (AvgIpc) is 2.98. The molecule has 0 unspecified atom stereocenters. The normalized spacial score (nSPS) is 10.2. The molecule has 1 aromatic carbocycles. The first-order valence-corrected chi connectivity index (χ1v) is 7.76. The van der Waals surface area contributed by atoms with Crippen molar-refractivity contribution in [2.24, 2.45) is 0 Å². The number of rotatable bonds is 6. The number of carbonyl (C=O) groups is 2. The van der Waals surface area contributed by atoms with Gasteiger partial charge in [-0.2, -0.15) is 0 Å². The van der Waals surface area contributed by atoms with Gasteiger partial charge in [-0.1, -0.05) is 6.92 Å². The van der Waals surface area contributed by atoms with Crippen molar-refractivity contribution < 1.29 is 19.6 Å². The van der Waals surface area contributed by atoms with Crippen LogP contribution in [0.25, 0.3) is 0 Å². The summed E-state index contributed by atoms with van der Waals surface area (Å²) >= 11 is 0.698. The molecule has 0 saturated carbocycles. The Labute approximate surface area is 140 Å². The Morgan fingerprint density at radius 3 is 2.75 bits per heavy atom. The third-order valence-electron chi connectivity index (χ3n) is 2.90. The predicted octanol–water partition coefficient (Wildman–Crippen LogP) is 2.75. The summed E-state index contributed by atoms with van der Waals surface area (Å²) in [4.78, 5) is 37.5. The number of nitrogens with one attached hydrogen (secondary N) is 2. The number of benzene rings is 1. The highest BCUT2D eigenvalue weighted by Gasteiger charge is 2.17. The summed E-state index contributed by atoms with van der Waals surface area (Å²) in [5.74, 6) is -1.18. The number of phenols is 1. The predicted molar refractivity (Wildman–Crippen MR) is 88.4 cm³/mol. The van der Waals surface area contributed by atoms with Crippen LogP contribution in [-0.4, -0.2) is 26.8 Å². The Kier molecular flexibility index (Phi) is 5.42. The fourth-order valence-corrected chi connectivity index (χ4v) is 2.45. The van der Waals surface area contributed by atoms with Crippen molar-refractivity contribution in [2.45, 2.75) is 19.8 Å². The SMILES string of the molecule is CCCC(=O)Nc1ccc(O)c(C(=O)Nc2ncc([N+](=O)[O-])s2)c1. The summed E-state index contributed by atoms with van der Waals surface area (Å²) in [7, 11) is 0. The van der Waals surface area contributed by atoms with Crippen LogP contribution in [0.2, 0.25) is 0 Å². The van der Waals surface area contributed by atoms with Gasteiger partial charge in [0.2, 0.25) is 5.91 Å². The number of hydrogen-bond acceptors (Lipinski definition) is 7. The summed E-state index contributed by atoms with van der Waals surface area (Å²) in [6.07, 6.45) is 2.05. The summed E-state index contributed by atoms with van der Waals surface area (Å²) in [6.45, 7) is 1.86. The number of amides is 2. The number of aromatic nitrogens is 1. The highest BCUT2D eigenvalue weighted by atomic mass is 32.1.